The topological polar surface area (TPSA) is 81.4 Å². The standard InChI is InChI=1S/C13H12ClFN2O3S/c1-20-13-5-2-8(6-12(13)16)17-21(18,19)9-3-4-11(15)10(14)7-9/h2-7,17H,16H2,1H3. The molecule has 0 spiro atoms. The smallest absolute Gasteiger partial charge is 0.261 e. The van der Waals surface area contributed by atoms with E-state index in [1.807, 2.05) is 0 Å². The van der Waals surface area contributed by atoms with E-state index >= 15 is 0 Å². The highest BCUT2D eigenvalue weighted by Gasteiger charge is 2.16. The molecule has 5 nitrogen and oxygen atoms in total. The molecule has 0 radical (unpaired) electrons. The number of rotatable bonds is 4. The molecule has 0 aliphatic carbocycles. The van der Waals surface area contributed by atoms with Gasteiger partial charge in [0.25, 0.3) is 10.0 Å². The number of ether oxygens (including phenoxy) is 1. The van der Waals surface area contributed by atoms with Gasteiger partial charge in [-0.3, -0.25) is 4.72 Å². The first kappa shape index (κ1) is 15.4. The maximum absolute atomic E-state index is 13.1. The van der Waals surface area contributed by atoms with E-state index in [-0.39, 0.29) is 21.3 Å². The van der Waals surface area contributed by atoms with E-state index in [4.69, 9.17) is 22.1 Å². The minimum absolute atomic E-state index is 0.150. The average Bonchev–Trinajstić information content (AvgIpc) is 2.41. The third kappa shape index (κ3) is 3.37. The minimum Gasteiger partial charge on any atom is -0.495 e. The molecule has 0 atom stereocenters. The quantitative estimate of drug-likeness (QED) is 0.845. The van der Waals surface area contributed by atoms with Crippen LogP contribution in [0.5, 0.6) is 5.75 Å². The zero-order valence-electron chi connectivity index (χ0n) is 10.9. The molecular weight excluding hydrogens is 319 g/mol. The van der Waals surface area contributed by atoms with Crippen molar-refractivity contribution in [2.75, 3.05) is 17.6 Å². The number of nitrogens with two attached hydrogens (primary N) is 1. The van der Waals surface area contributed by atoms with Crippen molar-refractivity contribution in [1.82, 2.24) is 0 Å². The lowest BCUT2D eigenvalue weighted by Crippen LogP contribution is -2.13. The van der Waals surface area contributed by atoms with Gasteiger partial charge in [-0.25, -0.2) is 12.8 Å². The second-order valence-corrected chi connectivity index (χ2v) is 6.23. The Morgan fingerprint density at radius 3 is 2.52 bits per heavy atom. The third-order valence-electron chi connectivity index (χ3n) is 2.68. The SMILES string of the molecule is COc1ccc(NS(=O)(=O)c2ccc(F)c(Cl)c2)cc1N. The summed E-state index contributed by atoms with van der Waals surface area (Å²) >= 11 is 5.58. The van der Waals surface area contributed by atoms with Gasteiger partial charge in [0.1, 0.15) is 11.6 Å². The van der Waals surface area contributed by atoms with Crippen molar-refractivity contribution >= 4 is 33.0 Å². The summed E-state index contributed by atoms with van der Waals surface area (Å²) in [7, 11) is -2.43. The van der Waals surface area contributed by atoms with Crippen LogP contribution in [0.25, 0.3) is 0 Å². The summed E-state index contributed by atoms with van der Waals surface area (Å²) in [6, 6.07) is 7.59. The number of nitrogens with one attached hydrogen (secondary N) is 1. The molecule has 2 rings (SSSR count). The zero-order chi connectivity index (χ0) is 15.6. The van der Waals surface area contributed by atoms with Gasteiger partial charge >= 0.3 is 0 Å². The Hall–Kier alpha value is -1.99. The molecule has 3 N–H and O–H groups in total. The lowest BCUT2D eigenvalue weighted by Gasteiger charge is -2.11. The fourth-order valence-corrected chi connectivity index (χ4v) is 2.98. The molecule has 2 aromatic carbocycles. The largest absolute Gasteiger partial charge is 0.495 e. The molecule has 0 aliphatic rings. The van der Waals surface area contributed by atoms with Gasteiger partial charge in [-0.1, -0.05) is 11.6 Å². The first-order valence-corrected chi connectivity index (χ1v) is 7.61. The van der Waals surface area contributed by atoms with Crippen LogP contribution in [0.4, 0.5) is 15.8 Å². The van der Waals surface area contributed by atoms with Crippen molar-refractivity contribution in [2.45, 2.75) is 4.90 Å². The Morgan fingerprint density at radius 1 is 1.24 bits per heavy atom. The number of hydrogen-bond donors (Lipinski definition) is 2. The van der Waals surface area contributed by atoms with E-state index in [1.54, 1.807) is 0 Å². The van der Waals surface area contributed by atoms with Gasteiger partial charge in [0.15, 0.2) is 0 Å². The van der Waals surface area contributed by atoms with E-state index < -0.39 is 15.8 Å². The van der Waals surface area contributed by atoms with Crippen LogP contribution in [0, 0.1) is 5.82 Å². The molecule has 0 saturated carbocycles. The second kappa shape index (κ2) is 5.79. The van der Waals surface area contributed by atoms with Gasteiger partial charge in [-0.15, -0.1) is 0 Å². The van der Waals surface area contributed by atoms with E-state index in [1.165, 1.54) is 25.3 Å². The summed E-state index contributed by atoms with van der Waals surface area (Å²) in [5.74, 6) is -0.257. The Bertz CT molecular complexity index is 781. The maximum atomic E-state index is 13.1. The van der Waals surface area contributed by atoms with E-state index in [0.29, 0.717) is 5.75 Å². The van der Waals surface area contributed by atoms with Crippen molar-refractivity contribution < 1.29 is 17.5 Å². The van der Waals surface area contributed by atoms with Crippen LogP contribution in [0.3, 0.4) is 0 Å². The monoisotopic (exact) mass is 330 g/mol. The summed E-state index contributed by atoms with van der Waals surface area (Å²) in [5, 5.41) is -0.271. The van der Waals surface area contributed by atoms with Crippen molar-refractivity contribution in [3.05, 3.63) is 47.2 Å². The lowest BCUT2D eigenvalue weighted by molar-refractivity contribution is 0.417. The normalized spacial score (nSPS) is 11.2. The van der Waals surface area contributed by atoms with Crippen molar-refractivity contribution in [2.24, 2.45) is 0 Å². The molecule has 0 saturated heterocycles. The molecule has 2 aromatic rings. The van der Waals surface area contributed by atoms with Crippen LogP contribution in [-0.2, 0) is 10.0 Å². The fraction of sp³-hybridized carbons (Fsp3) is 0.0769. The number of benzene rings is 2. The van der Waals surface area contributed by atoms with E-state index in [2.05, 4.69) is 4.72 Å². The predicted octanol–water partition coefficient (Wildman–Crippen LogP) is 2.87. The van der Waals surface area contributed by atoms with Crippen LogP contribution < -0.4 is 15.2 Å². The fourth-order valence-electron chi connectivity index (χ4n) is 1.66. The van der Waals surface area contributed by atoms with Gasteiger partial charge in [0, 0.05) is 0 Å². The molecule has 112 valence electrons. The average molecular weight is 331 g/mol. The molecule has 0 amide bonds. The molecule has 8 heteroatoms. The number of methoxy groups -OCH3 is 1. The highest BCUT2D eigenvalue weighted by molar-refractivity contribution is 7.92. The van der Waals surface area contributed by atoms with Gasteiger partial charge in [-0.05, 0) is 36.4 Å². The molecule has 0 bridgehead atoms. The Kier molecular flexibility index (Phi) is 4.24. The number of hydrogen-bond acceptors (Lipinski definition) is 4. The molecule has 0 unspecified atom stereocenters. The number of nitrogen functional groups attached to an aromatic ring is 1. The first-order chi connectivity index (χ1) is 9.83. The first-order valence-electron chi connectivity index (χ1n) is 5.75. The minimum atomic E-state index is -3.89. The van der Waals surface area contributed by atoms with Crippen LogP contribution in [0.2, 0.25) is 5.02 Å². The zero-order valence-corrected chi connectivity index (χ0v) is 12.5. The highest BCUT2D eigenvalue weighted by Crippen LogP contribution is 2.27. The van der Waals surface area contributed by atoms with Gasteiger partial charge < -0.3 is 10.5 Å². The summed E-state index contributed by atoms with van der Waals surface area (Å²) in [5.41, 5.74) is 6.25. The van der Waals surface area contributed by atoms with Crippen molar-refractivity contribution in [3.8, 4) is 5.75 Å². The second-order valence-electron chi connectivity index (χ2n) is 4.14. The van der Waals surface area contributed by atoms with Gasteiger partial charge in [0.05, 0.1) is 28.4 Å². The Labute approximate surface area is 126 Å². The predicted molar refractivity (Wildman–Crippen MR) is 79.6 cm³/mol. The third-order valence-corrected chi connectivity index (χ3v) is 4.35. The maximum Gasteiger partial charge on any atom is 0.261 e. The summed E-state index contributed by atoms with van der Waals surface area (Å²) in [6.07, 6.45) is 0. The van der Waals surface area contributed by atoms with Crippen LogP contribution in [-0.4, -0.2) is 15.5 Å². The lowest BCUT2D eigenvalue weighted by atomic mass is 10.2. The summed E-state index contributed by atoms with van der Waals surface area (Å²) < 4.78 is 44.7. The molecule has 0 fully saturated rings. The van der Waals surface area contributed by atoms with Gasteiger partial charge in [-0.2, -0.15) is 0 Å². The molecule has 0 aliphatic heterocycles. The Balaban J connectivity index is 2.32. The highest BCUT2D eigenvalue weighted by atomic mass is 35.5. The number of halogens is 2. The summed E-state index contributed by atoms with van der Waals surface area (Å²) in [6.45, 7) is 0. The van der Waals surface area contributed by atoms with Crippen LogP contribution in [0.15, 0.2) is 41.3 Å². The molecule has 0 aromatic heterocycles. The molecule has 21 heavy (non-hydrogen) atoms. The number of anilines is 2. The van der Waals surface area contributed by atoms with Crippen LogP contribution >= 0.6 is 11.6 Å². The van der Waals surface area contributed by atoms with Crippen LogP contribution in [0.1, 0.15) is 0 Å². The number of sulfonamides is 1. The van der Waals surface area contributed by atoms with Crippen molar-refractivity contribution in [3.63, 3.8) is 0 Å². The van der Waals surface area contributed by atoms with E-state index in [9.17, 15) is 12.8 Å². The Morgan fingerprint density at radius 2 is 1.95 bits per heavy atom. The van der Waals surface area contributed by atoms with Gasteiger partial charge in [0.2, 0.25) is 0 Å². The van der Waals surface area contributed by atoms with Crippen molar-refractivity contribution in [1.29, 1.82) is 0 Å². The molecule has 0 heterocycles. The molecular formula is C13H12ClFN2O3S. The van der Waals surface area contributed by atoms with E-state index in [0.717, 1.165) is 18.2 Å². The summed E-state index contributed by atoms with van der Waals surface area (Å²) in [4.78, 5) is -0.150.